The van der Waals surface area contributed by atoms with Gasteiger partial charge in [-0.25, -0.2) is 9.97 Å². The largest absolute Gasteiger partial charge is 0.490 e. The van der Waals surface area contributed by atoms with Gasteiger partial charge in [0.05, 0.1) is 17.2 Å². The molecule has 2 heterocycles. The van der Waals surface area contributed by atoms with Gasteiger partial charge in [-0.1, -0.05) is 30.7 Å². The molecule has 3 aromatic carbocycles. The predicted octanol–water partition coefficient (Wildman–Crippen LogP) is 5.73. The third-order valence-electron chi connectivity index (χ3n) is 6.99. The van der Waals surface area contributed by atoms with Crippen LogP contribution < -0.4 is 15.8 Å². The number of anilines is 2. The molecule has 1 fully saturated rings. The Labute approximate surface area is 214 Å². The van der Waals surface area contributed by atoms with E-state index in [2.05, 4.69) is 15.5 Å². The van der Waals surface area contributed by atoms with E-state index in [0.717, 1.165) is 70.3 Å². The summed E-state index contributed by atoms with van der Waals surface area (Å²) in [5.41, 5.74) is 9.09. The Morgan fingerprint density at radius 3 is 2.84 bits per heavy atom. The van der Waals surface area contributed by atoms with Crippen LogP contribution in [-0.2, 0) is 4.79 Å². The number of aromatic amines is 1. The van der Waals surface area contributed by atoms with Crippen LogP contribution in [0.15, 0.2) is 72.9 Å². The number of benzene rings is 3. The second kappa shape index (κ2) is 9.89. The molecule has 4 N–H and O–H groups in total. The van der Waals surface area contributed by atoms with Crippen molar-refractivity contribution in [2.45, 2.75) is 38.2 Å². The third-order valence-corrected chi connectivity index (χ3v) is 6.99. The lowest BCUT2D eigenvalue weighted by Gasteiger charge is -2.31. The van der Waals surface area contributed by atoms with Crippen LogP contribution in [-0.4, -0.2) is 32.2 Å². The third kappa shape index (κ3) is 4.95. The van der Waals surface area contributed by atoms with E-state index in [1.54, 1.807) is 6.20 Å². The molecule has 0 spiro atoms. The minimum atomic E-state index is -0.272. The predicted molar refractivity (Wildman–Crippen MR) is 145 cm³/mol. The summed E-state index contributed by atoms with van der Waals surface area (Å²) >= 11 is 0. The molecule has 2 aromatic heterocycles. The molecule has 1 aliphatic rings. The van der Waals surface area contributed by atoms with E-state index in [4.69, 9.17) is 20.4 Å². The molecular formula is C29H28N6O2. The summed E-state index contributed by atoms with van der Waals surface area (Å²) in [6.07, 6.45) is 6.21. The van der Waals surface area contributed by atoms with Gasteiger partial charge in [0, 0.05) is 34.4 Å². The van der Waals surface area contributed by atoms with Gasteiger partial charge in [-0.05, 0) is 61.7 Å². The van der Waals surface area contributed by atoms with Crippen molar-refractivity contribution in [2.75, 3.05) is 5.32 Å². The van der Waals surface area contributed by atoms with Crippen LogP contribution in [0, 0.1) is 5.92 Å². The number of para-hydroxylation sites is 1. The van der Waals surface area contributed by atoms with Crippen molar-refractivity contribution >= 4 is 39.2 Å². The molecule has 6 rings (SSSR count). The van der Waals surface area contributed by atoms with Crippen LogP contribution in [0.3, 0.4) is 0 Å². The van der Waals surface area contributed by atoms with Crippen molar-refractivity contribution in [3.05, 3.63) is 72.9 Å². The van der Waals surface area contributed by atoms with E-state index >= 15 is 0 Å². The minimum Gasteiger partial charge on any atom is -0.490 e. The number of hydrogen-bond donors (Lipinski definition) is 3. The number of ether oxygens (including phenoxy) is 1. The fraction of sp³-hybridized carbons (Fsp3) is 0.241. The summed E-state index contributed by atoms with van der Waals surface area (Å²) in [6, 6.07) is 21.8. The summed E-state index contributed by atoms with van der Waals surface area (Å²) in [5.74, 6) is 1.95. The maximum Gasteiger partial charge on any atom is 0.217 e. The number of aromatic nitrogens is 4. The normalized spacial score (nSPS) is 17.6. The Hall–Kier alpha value is -4.46. The second-order valence-corrected chi connectivity index (χ2v) is 9.61. The van der Waals surface area contributed by atoms with Crippen molar-refractivity contribution in [2.24, 2.45) is 11.7 Å². The van der Waals surface area contributed by atoms with Gasteiger partial charge in [0.25, 0.3) is 0 Å². The number of nitrogens with one attached hydrogen (secondary N) is 2. The molecule has 0 radical (unpaired) electrons. The zero-order valence-electron chi connectivity index (χ0n) is 20.4. The lowest BCUT2D eigenvalue weighted by atomic mass is 9.84. The molecule has 0 aliphatic heterocycles. The summed E-state index contributed by atoms with van der Waals surface area (Å²) in [7, 11) is 0. The molecular weight excluding hydrogens is 464 g/mol. The van der Waals surface area contributed by atoms with Gasteiger partial charge in [-0.3, -0.25) is 9.89 Å². The monoisotopic (exact) mass is 492 g/mol. The van der Waals surface area contributed by atoms with E-state index < -0.39 is 0 Å². The van der Waals surface area contributed by atoms with E-state index in [1.165, 1.54) is 0 Å². The highest BCUT2D eigenvalue weighted by atomic mass is 16.5. The molecule has 2 unspecified atom stereocenters. The number of fused-ring (bicyclic) bond motifs is 2. The summed E-state index contributed by atoms with van der Waals surface area (Å²) in [4.78, 5) is 21.3. The fourth-order valence-corrected chi connectivity index (χ4v) is 5.16. The summed E-state index contributed by atoms with van der Waals surface area (Å²) in [5, 5.41) is 12.5. The van der Waals surface area contributed by atoms with Crippen molar-refractivity contribution in [1.29, 1.82) is 0 Å². The van der Waals surface area contributed by atoms with E-state index in [9.17, 15) is 4.79 Å². The molecule has 8 heteroatoms. The Morgan fingerprint density at radius 1 is 1.03 bits per heavy atom. The minimum absolute atomic E-state index is 0.0240. The molecule has 0 saturated heterocycles. The standard InChI is InChI=1S/C29H28N6O2/c30-27(36)16-18-6-1-4-11-26(18)37-22-8-5-7-19(15-22)28-33-25-10-3-2-9-23(25)29(34-28)32-21-12-13-24-20(14-21)17-31-35-24/h2-3,5,7-10,12-15,17-18,26H,1,4,6,11,16H2,(H2,30,36)(H,31,35)(H,32,33,34). The number of carbonyl (C=O) groups excluding carboxylic acids is 1. The van der Waals surface area contributed by atoms with E-state index in [0.29, 0.717) is 12.2 Å². The van der Waals surface area contributed by atoms with Gasteiger partial charge >= 0.3 is 0 Å². The van der Waals surface area contributed by atoms with Gasteiger partial charge in [-0.15, -0.1) is 0 Å². The number of amides is 1. The SMILES string of the molecule is NC(=O)CC1CCCCC1Oc1cccc(-c2nc(Nc3ccc4[nH]ncc4c3)c3ccccc3n2)c1. The van der Waals surface area contributed by atoms with E-state index in [1.807, 2.05) is 66.7 Å². The quantitative estimate of drug-likeness (QED) is 0.267. The lowest BCUT2D eigenvalue weighted by Crippen LogP contribution is -2.33. The first kappa shape index (κ1) is 23.0. The Bertz CT molecular complexity index is 1580. The average molecular weight is 493 g/mol. The molecule has 1 saturated carbocycles. The van der Waals surface area contributed by atoms with Gasteiger partial charge in [0.1, 0.15) is 17.7 Å². The van der Waals surface area contributed by atoms with Crippen LogP contribution in [0.1, 0.15) is 32.1 Å². The van der Waals surface area contributed by atoms with Crippen LogP contribution in [0.2, 0.25) is 0 Å². The second-order valence-electron chi connectivity index (χ2n) is 9.61. The highest BCUT2D eigenvalue weighted by Crippen LogP contribution is 2.33. The van der Waals surface area contributed by atoms with Gasteiger partial charge in [-0.2, -0.15) is 5.10 Å². The Morgan fingerprint density at radius 2 is 1.92 bits per heavy atom. The lowest BCUT2D eigenvalue weighted by molar-refractivity contribution is -0.120. The van der Waals surface area contributed by atoms with Crippen LogP contribution in [0.25, 0.3) is 33.2 Å². The van der Waals surface area contributed by atoms with E-state index in [-0.39, 0.29) is 17.9 Å². The summed E-state index contributed by atoms with van der Waals surface area (Å²) < 4.78 is 6.39. The maximum absolute atomic E-state index is 11.6. The molecule has 1 aliphatic carbocycles. The molecule has 1 amide bonds. The molecule has 186 valence electrons. The molecule has 37 heavy (non-hydrogen) atoms. The molecule has 8 nitrogen and oxygen atoms in total. The summed E-state index contributed by atoms with van der Waals surface area (Å²) in [6.45, 7) is 0. The van der Waals surface area contributed by atoms with Crippen LogP contribution in [0.5, 0.6) is 5.75 Å². The zero-order chi connectivity index (χ0) is 25.2. The average Bonchev–Trinajstić information content (AvgIpc) is 3.38. The molecule has 2 atom stereocenters. The zero-order valence-corrected chi connectivity index (χ0v) is 20.4. The Kier molecular flexibility index (Phi) is 6.14. The number of nitrogens with two attached hydrogens (primary N) is 1. The first-order valence-corrected chi connectivity index (χ1v) is 12.6. The number of primary amides is 1. The smallest absolute Gasteiger partial charge is 0.217 e. The van der Waals surface area contributed by atoms with Crippen LogP contribution in [0.4, 0.5) is 11.5 Å². The number of H-pyrrole nitrogens is 1. The van der Waals surface area contributed by atoms with Crippen molar-refractivity contribution in [1.82, 2.24) is 20.2 Å². The molecule has 5 aromatic rings. The van der Waals surface area contributed by atoms with Crippen molar-refractivity contribution in [3.8, 4) is 17.1 Å². The highest BCUT2D eigenvalue weighted by Gasteiger charge is 2.28. The first-order chi connectivity index (χ1) is 18.1. The number of carbonyl (C=O) groups is 1. The number of nitrogens with zero attached hydrogens (tertiary/aromatic N) is 3. The topological polar surface area (TPSA) is 119 Å². The van der Waals surface area contributed by atoms with Crippen molar-refractivity contribution in [3.63, 3.8) is 0 Å². The fourth-order valence-electron chi connectivity index (χ4n) is 5.16. The Balaban J connectivity index is 1.32. The van der Waals surface area contributed by atoms with Crippen LogP contribution >= 0.6 is 0 Å². The maximum atomic E-state index is 11.6. The van der Waals surface area contributed by atoms with Gasteiger partial charge in [0.2, 0.25) is 5.91 Å². The molecule has 0 bridgehead atoms. The first-order valence-electron chi connectivity index (χ1n) is 12.6. The van der Waals surface area contributed by atoms with Gasteiger partial charge < -0.3 is 15.8 Å². The number of rotatable bonds is 7. The van der Waals surface area contributed by atoms with Crippen molar-refractivity contribution < 1.29 is 9.53 Å². The number of hydrogen-bond acceptors (Lipinski definition) is 6. The highest BCUT2D eigenvalue weighted by molar-refractivity contribution is 5.93. The van der Waals surface area contributed by atoms with Gasteiger partial charge in [0.15, 0.2) is 5.82 Å².